The van der Waals surface area contributed by atoms with Crippen LogP contribution in [0.2, 0.25) is 0 Å². The lowest BCUT2D eigenvalue weighted by molar-refractivity contribution is -0.140. The Hall–Kier alpha value is -2.94. The van der Waals surface area contributed by atoms with E-state index in [1.54, 1.807) is 12.1 Å². The molecule has 0 N–H and O–H groups in total. The molecule has 1 aromatic heterocycles. The first-order valence-corrected chi connectivity index (χ1v) is 12.4. The molecule has 2 amide bonds. The van der Waals surface area contributed by atoms with E-state index in [0.717, 1.165) is 37.4 Å². The number of likely N-dealkylation sites (N-methyl/N-ethyl adjacent to an activating group) is 1. The van der Waals surface area contributed by atoms with E-state index in [2.05, 4.69) is 17.0 Å². The maximum atomic E-state index is 13.4. The summed E-state index contributed by atoms with van der Waals surface area (Å²) in [5, 5.41) is 4.26. The molecule has 0 unspecified atom stereocenters. The fourth-order valence-electron chi connectivity index (χ4n) is 4.87. The molecule has 0 radical (unpaired) electrons. The average Bonchev–Trinajstić information content (AvgIpc) is 3.17. The largest absolute Gasteiger partial charge is 0.490 e. The smallest absolute Gasteiger partial charge is 0.223 e. The molecule has 0 bridgehead atoms. The van der Waals surface area contributed by atoms with Gasteiger partial charge in [0.15, 0.2) is 0 Å². The van der Waals surface area contributed by atoms with Gasteiger partial charge in [0.1, 0.15) is 17.7 Å². The standard InChI is InChI=1S/C26H36FN5O3/c1-19-20(17-28-30(19)3)4-9-25(33)32-11-10-24(35-23-7-5-22(27)6-8-23)21(18-32)16-26(34)31-14-12-29(2)13-15-31/h5-8,17,21,24H,4,9-16,18H2,1-3H3/t21-,24-/m0/s1. The second kappa shape index (κ2) is 11.2. The molecule has 4 rings (SSSR count). The van der Waals surface area contributed by atoms with Crippen molar-refractivity contribution in [2.24, 2.45) is 13.0 Å². The Labute approximate surface area is 206 Å². The Morgan fingerprint density at radius 3 is 2.40 bits per heavy atom. The summed E-state index contributed by atoms with van der Waals surface area (Å²) < 4.78 is 21.4. The van der Waals surface area contributed by atoms with Gasteiger partial charge in [-0.15, -0.1) is 0 Å². The van der Waals surface area contributed by atoms with Crippen LogP contribution < -0.4 is 4.74 Å². The van der Waals surface area contributed by atoms with E-state index in [-0.39, 0.29) is 29.7 Å². The molecule has 0 spiro atoms. The number of piperazine rings is 1. The summed E-state index contributed by atoms with van der Waals surface area (Å²) in [6.07, 6.45) is 3.64. The van der Waals surface area contributed by atoms with Crippen molar-refractivity contribution in [3.05, 3.63) is 47.5 Å². The predicted molar refractivity (Wildman–Crippen MR) is 130 cm³/mol. The molecule has 3 heterocycles. The molecule has 9 heteroatoms. The number of aryl methyl sites for hydroxylation is 2. The van der Waals surface area contributed by atoms with Crippen LogP contribution in [0.4, 0.5) is 4.39 Å². The van der Waals surface area contributed by atoms with Gasteiger partial charge in [-0.2, -0.15) is 5.10 Å². The van der Waals surface area contributed by atoms with E-state index >= 15 is 0 Å². The molecule has 2 aliphatic heterocycles. The van der Waals surface area contributed by atoms with E-state index in [1.165, 1.54) is 12.1 Å². The number of benzene rings is 1. The Bertz CT molecular complexity index is 1020. The quantitative estimate of drug-likeness (QED) is 0.602. The fourth-order valence-corrected chi connectivity index (χ4v) is 4.87. The molecule has 2 fully saturated rings. The minimum atomic E-state index is -0.316. The lowest BCUT2D eigenvalue weighted by Gasteiger charge is -2.40. The Morgan fingerprint density at radius 1 is 1.03 bits per heavy atom. The number of carbonyl (C=O) groups is 2. The van der Waals surface area contributed by atoms with Crippen LogP contribution in [0, 0.1) is 18.7 Å². The van der Waals surface area contributed by atoms with Gasteiger partial charge < -0.3 is 19.4 Å². The van der Waals surface area contributed by atoms with Crippen LogP contribution in [-0.4, -0.2) is 88.7 Å². The van der Waals surface area contributed by atoms with Crippen molar-refractivity contribution in [1.82, 2.24) is 24.5 Å². The van der Waals surface area contributed by atoms with Crippen LogP contribution in [0.1, 0.15) is 30.5 Å². The predicted octanol–water partition coefficient (Wildman–Crippen LogP) is 2.26. The van der Waals surface area contributed by atoms with Crippen molar-refractivity contribution in [3.63, 3.8) is 0 Å². The maximum Gasteiger partial charge on any atom is 0.223 e. The number of ether oxygens (including phenoxy) is 1. The van der Waals surface area contributed by atoms with E-state index in [9.17, 15) is 14.0 Å². The number of likely N-dealkylation sites (tertiary alicyclic amines) is 1. The van der Waals surface area contributed by atoms with E-state index in [4.69, 9.17) is 4.74 Å². The molecule has 8 nitrogen and oxygen atoms in total. The van der Waals surface area contributed by atoms with Gasteiger partial charge in [-0.3, -0.25) is 14.3 Å². The van der Waals surface area contributed by atoms with Gasteiger partial charge in [0.2, 0.25) is 11.8 Å². The number of aromatic nitrogens is 2. The molecule has 1 aromatic carbocycles. The first kappa shape index (κ1) is 25.2. The second-order valence-corrected chi connectivity index (χ2v) is 9.77. The molecule has 2 atom stereocenters. The Kier molecular flexibility index (Phi) is 8.05. The molecule has 0 aliphatic carbocycles. The summed E-state index contributed by atoms with van der Waals surface area (Å²) in [5.74, 6) is 0.343. The number of piperidine rings is 1. The van der Waals surface area contributed by atoms with Crippen molar-refractivity contribution in [1.29, 1.82) is 0 Å². The maximum absolute atomic E-state index is 13.4. The summed E-state index contributed by atoms with van der Waals surface area (Å²) in [6, 6.07) is 5.97. The van der Waals surface area contributed by atoms with E-state index < -0.39 is 0 Å². The minimum Gasteiger partial charge on any atom is -0.490 e. The number of amides is 2. The molecule has 0 saturated carbocycles. The summed E-state index contributed by atoms with van der Waals surface area (Å²) in [4.78, 5) is 32.2. The topological polar surface area (TPSA) is 70.9 Å². The van der Waals surface area contributed by atoms with Crippen LogP contribution in [0.5, 0.6) is 5.75 Å². The number of nitrogens with zero attached hydrogens (tertiary/aromatic N) is 5. The number of hydrogen-bond donors (Lipinski definition) is 0. The summed E-state index contributed by atoms with van der Waals surface area (Å²) in [6.45, 7) is 6.24. The highest BCUT2D eigenvalue weighted by Crippen LogP contribution is 2.27. The summed E-state index contributed by atoms with van der Waals surface area (Å²) in [7, 11) is 3.96. The van der Waals surface area contributed by atoms with E-state index in [0.29, 0.717) is 44.5 Å². The molecule has 2 aliphatic rings. The number of carbonyl (C=O) groups excluding carboxylic acids is 2. The third-order valence-electron chi connectivity index (χ3n) is 7.36. The first-order chi connectivity index (χ1) is 16.8. The Balaban J connectivity index is 1.41. The van der Waals surface area contributed by atoms with Gasteiger partial charge in [-0.25, -0.2) is 4.39 Å². The average molecular weight is 486 g/mol. The zero-order valence-corrected chi connectivity index (χ0v) is 21.0. The lowest BCUT2D eigenvalue weighted by atomic mass is 9.90. The van der Waals surface area contributed by atoms with Crippen LogP contribution in [0.25, 0.3) is 0 Å². The van der Waals surface area contributed by atoms with Gasteiger partial charge >= 0.3 is 0 Å². The third-order valence-corrected chi connectivity index (χ3v) is 7.36. The lowest BCUT2D eigenvalue weighted by Crippen LogP contribution is -2.51. The molecular weight excluding hydrogens is 449 g/mol. The highest BCUT2D eigenvalue weighted by molar-refractivity contribution is 5.78. The number of rotatable bonds is 7. The van der Waals surface area contributed by atoms with Crippen molar-refractivity contribution in [2.75, 3.05) is 46.3 Å². The van der Waals surface area contributed by atoms with Crippen molar-refractivity contribution in [3.8, 4) is 5.75 Å². The Morgan fingerprint density at radius 2 is 1.74 bits per heavy atom. The summed E-state index contributed by atoms with van der Waals surface area (Å²) >= 11 is 0. The van der Waals surface area contributed by atoms with Crippen molar-refractivity contribution >= 4 is 11.8 Å². The van der Waals surface area contributed by atoms with Crippen molar-refractivity contribution in [2.45, 2.75) is 38.7 Å². The monoisotopic (exact) mass is 485 g/mol. The molecular formula is C26H36FN5O3. The first-order valence-electron chi connectivity index (χ1n) is 12.4. The van der Waals surface area contributed by atoms with Gasteiger partial charge in [0.05, 0.1) is 6.20 Å². The molecule has 2 saturated heterocycles. The van der Waals surface area contributed by atoms with Gasteiger partial charge in [0, 0.05) is 77.2 Å². The third kappa shape index (κ3) is 6.39. The van der Waals surface area contributed by atoms with Crippen LogP contribution in [0.3, 0.4) is 0 Å². The van der Waals surface area contributed by atoms with E-state index in [1.807, 2.05) is 34.6 Å². The van der Waals surface area contributed by atoms with Gasteiger partial charge in [-0.05, 0) is 50.2 Å². The SMILES string of the molecule is Cc1c(CCC(=O)N2CC[C@H](Oc3ccc(F)cc3)[C@@H](CC(=O)N3CCN(C)CC3)C2)cnn1C. The van der Waals surface area contributed by atoms with Gasteiger partial charge in [-0.1, -0.05) is 0 Å². The van der Waals surface area contributed by atoms with Crippen LogP contribution >= 0.6 is 0 Å². The molecule has 190 valence electrons. The normalized spacial score (nSPS) is 21.3. The van der Waals surface area contributed by atoms with Crippen LogP contribution in [0.15, 0.2) is 30.5 Å². The van der Waals surface area contributed by atoms with Crippen molar-refractivity contribution < 1.29 is 18.7 Å². The highest BCUT2D eigenvalue weighted by Gasteiger charge is 2.35. The summed E-state index contributed by atoms with van der Waals surface area (Å²) in [5.41, 5.74) is 2.15. The zero-order chi connectivity index (χ0) is 24.9. The minimum absolute atomic E-state index is 0.0885. The second-order valence-electron chi connectivity index (χ2n) is 9.77. The number of halogens is 1. The molecule has 35 heavy (non-hydrogen) atoms. The molecule has 2 aromatic rings. The fraction of sp³-hybridized carbons (Fsp3) is 0.577. The highest BCUT2D eigenvalue weighted by atomic mass is 19.1. The van der Waals surface area contributed by atoms with Gasteiger partial charge in [0.25, 0.3) is 0 Å². The zero-order valence-electron chi connectivity index (χ0n) is 21.0. The van der Waals surface area contributed by atoms with Crippen LogP contribution in [-0.2, 0) is 23.1 Å². The number of hydrogen-bond acceptors (Lipinski definition) is 5.